The van der Waals surface area contributed by atoms with Gasteiger partial charge in [-0.15, -0.1) is 0 Å². The highest BCUT2D eigenvalue weighted by molar-refractivity contribution is 5.88. The van der Waals surface area contributed by atoms with E-state index in [1.165, 1.54) is 0 Å². The van der Waals surface area contributed by atoms with Gasteiger partial charge in [0.25, 0.3) is 5.91 Å². The molecular formula is C25H34N2O5. The van der Waals surface area contributed by atoms with E-state index in [-0.39, 0.29) is 25.0 Å². The fraction of sp³-hybridized carbons (Fsp3) is 0.440. The Morgan fingerprint density at radius 3 is 2.28 bits per heavy atom. The lowest BCUT2D eigenvalue weighted by Gasteiger charge is -2.33. The van der Waals surface area contributed by atoms with Gasteiger partial charge in [0.2, 0.25) is 5.91 Å². The number of amides is 2. The Labute approximate surface area is 190 Å². The number of rotatable bonds is 10. The van der Waals surface area contributed by atoms with E-state index >= 15 is 0 Å². The van der Waals surface area contributed by atoms with Crippen LogP contribution in [0.2, 0.25) is 0 Å². The van der Waals surface area contributed by atoms with Gasteiger partial charge in [-0.1, -0.05) is 31.2 Å². The molecule has 0 saturated carbocycles. The quantitative estimate of drug-likeness (QED) is 0.606. The molecule has 32 heavy (non-hydrogen) atoms. The molecule has 2 aromatic carbocycles. The minimum Gasteiger partial charge on any atom is -0.497 e. The molecule has 0 fully saturated rings. The molecule has 1 N–H and O–H groups in total. The zero-order valence-corrected chi connectivity index (χ0v) is 19.8. The Morgan fingerprint density at radius 2 is 1.69 bits per heavy atom. The van der Waals surface area contributed by atoms with E-state index in [9.17, 15) is 9.59 Å². The number of methoxy groups -OCH3 is 2. The van der Waals surface area contributed by atoms with Gasteiger partial charge >= 0.3 is 0 Å². The predicted octanol–water partition coefficient (Wildman–Crippen LogP) is 3.80. The van der Waals surface area contributed by atoms with Crippen molar-refractivity contribution in [2.24, 2.45) is 0 Å². The lowest BCUT2D eigenvalue weighted by Crippen LogP contribution is -2.54. The zero-order valence-electron chi connectivity index (χ0n) is 19.8. The topological polar surface area (TPSA) is 77.1 Å². The van der Waals surface area contributed by atoms with Crippen LogP contribution in [0.1, 0.15) is 39.7 Å². The number of ether oxygens (including phenoxy) is 3. The monoisotopic (exact) mass is 442 g/mol. The van der Waals surface area contributed by atoms with E-state index in [0.717, 1.165) is 5.56 Å². The van der Waals surface area contributed by atoms with Gasteiger partial charge in [-0.3, -0.25) is 9.59 Å². The smallest absolute Gasteiger partial charge is 0.261 e. The molecular weight excluding hydrogens is 408 g/mol. The summed E-state index contributed by atoms with van der Waals surface area (Å²) >= 11 is 0. The van der Waals surface area contributed by atoms with Crippen molar-refractivity contribution in [2.75, 3.05) is 20.8 Å². The number of para-hydroxylation sites is 2. The molecule has 0 spiro atoms. The summed E-state index contributed by atoms with van der Waals surface area (Å²) < 4.78 is 16.4. The maximum absolute atomic E-state index is 13.3. The maximum atomic E-state index is 13.3. The second-order valence-corrected chi connectivity index (χ2v) is 8.48. The largest absolute Gasteiger partial charge is 0.497 e. The van der Waals surface area contributed by atoms with Gasteiger partial charge in [0.05, 0.1) is 14.2 Å². The number of hydrogen-bond donors (Lipinski definition) is 1. The fourth-order valence-corrected chi connectivity index (χ4v) is 3.30. The summed E-state index contributed by atoms with van der Waals surface area (Å²) in [6.07, 6.45) is 0.465. The summed E-state index contributed by atoms with van der Waals surface area (Å²) in [6, 6.07) is 13.9. The average Bonchev–Trinajstić information content (AvgIpc) is 2.76. The Morgan fingerprint density at radius 1 is 1.00 bits per heavy atom. The Bertz CT molecular complexity index is 907. The van der Waals surface area contributed by atoms with Crippen LogP contribution < -0.4 is 19.5 Å². The molecule has 0 saturated heterocycles. The summed E-state index contributed by atoms with van der Waals surface area (Å²) in [5.41, 5.74) is 0.445. The van der Waals surface area contributed by atoms with Crippen molar-refractivity contribution in [2.45, 2.75) is 52.2 Å². The third kappa shape index (κ3) is 7.18. The van der Waals surface area contributed by atoms with Crippen molar-refractivity contribution < 1.29 is 23.8 Å². The number of carbonyl (C=O) groups excluding carboxylic acids is 2. The van der Waals surface area contributed by atoms with Crippen molar-refractivity contribution in [3.8, 4) is 17.2 Å². The third-order valence-electron chi connectivity index (χ3n) is 4.79. The summed E-state index contributed by atoms with van der Waals surface area (Å²) in [4.78, 5) is 27.9. The summed E-state index contributed by atoms with van der Waals surface area (Å²) in [7, 11) is 3.14. The number of nitrogens with one attached hydrogen (secondary N) is 1. The normalized spacial score (nSPS) is 11.9. The Hall–Kier alpha value is -3.22. The Kier molecular flexibility index (Phi) is 8.93. The molecule has 0 aromatic heterocycles. The molecule has 0 aliphatic rings. The van der Waals surface area contributed by atoms with Crippen molar-refractivity contribution in [3.05, 3.63) is 54.1 Å². The van der Waals surface area contributed by atoms with Crippen molar-refractivity contribution in [1.82, 2.24) is 10.2 Å². The molecule has 2 rings (SSSR count). The Balaban J connectivity index is 2.28. The van der Waals surface area contributed by atoms with Crippen LogP contribution in [0.3, 0.4) is 0 Å². The molecule has 1 atom stereocenters. The highest BCUT2D eigenvalue weighted by Crippen LogP contribution is 2.26. The van der Waals surface area contributed by atoms with E-state index < -0.39 is 11.6 Å². The SMILES string of the molecule is CC[C@H](C(=O)NC(C)(C)C)N(Cc1cccc(OC)c1)C(=O)COc1ccccc1OC. The molecule has 0 unspecified atom stereocenters. The maximum Gasteiger partial charge on any atom is 0.261 e. The van der Waals surface area contributed by atoms with Crippen LogP contribution >= 0.6 is 0 Å². The van der Waals surface area contributed by atoms with Crippen LogP contribution in [-0.4, -0.2) is 49.1 Å². The van der Waals surface area contributed by atoms with E-state index in [4.69, 9.17) is 14.2 Å². The molecule has 7 heteroatoms. The first-order valence-corrected chi connectivity index (χ1v) is 10.7. The number of nitrogens with zero attached hydrogens (tertiary/aromatic N) is 1. The predicted molar refractivity (Wildman–Crippen MR) is 124 cm³/mol. The fourth-order valence-electron chi connectivity index (χ4n) is 3.30. The van der Waals surface area contributed by atoms with Crippen LogP contribution in [0.25, 0.3) is 0 Å². The van der Waals surface area contributed by atoms with Crippen molar-refractivity contribution in [1.29, 1.82) is 0 Å². The standard InChI is InChI=1S/C25H34N2O5/c1-7-20(24(29)26-25(2,3)4)27(16-18-11-10-12-19(15-18)30-5)23(28)17-32-22-14-9-8-13-21(22)31-6/h8-15,20H,7,16-17H2,1-6H3,(H,26,29)/t20-/m1/s1. The van der Waals surface area contributed by atoms with E-state index in [1.807, 2.05) is 64.1 Å². The second kappa shape index (κ2) is 11.4. The van der Waals surface area contributed by atoms with E-state index in [0.29, 0.717) is 23.7 Å². The van der Waals surface area contributed by atoms with Gasteiger partial charge in [-0.25, -0.2) is 0 Å². The van der Waals surface area contributed by atoms with Gasteiger partial charge in [-0.2, -0.15) is 0 Å². The number of carbonyl (C=O) groups is 2. The average molecular weight is 443 g/mol. The van der Waals surface area contributed by atoms with E-state index in [1.54, 1.807) is 31.3 Å². The van der Waals surface area contributed by atoms with Gasteiger partial charge in [0, 0.05) is 12.1 Å². The minimum absolute atomic E-state index is 0.200. The van der Waals surface area contributed by atoms with Crippen LogP contribution in [0.4, 0.5) is 0 Å². The molecule has 0 aliphatic heterocycles. The first kappa shape index (κ1) is 25.0. The van der Waals surface area contributed by atoms with E-state index in [2.05, 4.69) is 5.32 Å². The van der Waals surface area contributed by atoms with Crippen LogP contribution in [-0.2, 0) is 16.1 Å². The summed E-state index contributed by atoms with van der Waals surface area (Å²) in [5.74, 6) is 1.20. The van der Waals surface area contributed by atoms with Crippen molar-refractivity contribution >= 4 is 11.8 Å². The lowest BCUT2D eigenvalue weighted by molar-refractivity contribution is -0.143. The molecule has 0 bridgehead atoms. The first-order chi connectivity index (χ1) is 15.2. The third-order valence-corrected chi connectivity index (χ3v) is 4.79. The molecule has 0 aliphatic carbocycles. The van der Waals surface area contributed by atoms with Gasteiger partial charge < -0.3 is 24.4 Å². The van der Waals surface area contributed by atoms with Crippen LogP contribution in [0.15, 0.2) is 48.5 Å². The molecule has 174 valence electrons. The molecule has 0 heterocycles. The minimum atomic E-state index is -0.644. The zero-order chi connectivity index (χ0) is 23.7. The van der Waals surface area contributed by atoms with Gasteiger partial charge in [0.15, 0.2) is 18.1 Å². The number of benzene rings is 2. The molecule has 7 nitrogen and oxygen atoms in total. The van der Waals surface area contributed by atoms with Crippen LogP contribution in [0, 0.1) is 0 Å². The highest BCUT2D eigenvalue weighted by atomic mass is 16.5. The second-order valence-electron chi connectivity index (χ2n) is 8.48. The van der Waals surface area contributed by atoms with Gasteiger partial charge in [0.1, 0.15) is 11.8 Å². The number of hydrogen-bond acceptors (Lipinski definition) is 5. The van der Waals surface area contributed by atoms with Crippen molar-refractivity contribution in [3.63, 3.8) is 0 Å². The summed E-state index contributed by atoms with van der Waals surface area (Å²) in [5, 5.41) is 2.99. The van der Waals surface area contributed by atoms with Crippen LogP contribution in [0.5, 0.6) is 17.2 Å². The lowest BCUT2D eigenvalue weighted by atomic mass is 10.1. The molecule has 2 amide bonds. The first-order valence-electron chi connectivity index (χ1n) is 10.7. The molecule has 0 radical (unpaired) electrons. The summed E-state index contributed by atoms with van der Waals surface area (Å²) in [6.45, 7) is 7.66. The highest BCUT2D eigenvalue weighted by Gasteiger charge is 2.31. The van der Waals surface area contributed by atoms with Gasteiger partial charge in [-0.05, 0) is 57.0 Å². The molecule has 2 aromatic rings.